The molecule has 3 aromatic carbocycles. The molecule has 0 spiro atoms. The van der Waals surface area contributed by atoms with Gasteiger partial charge in [-0.3, -0.25) is 14.6 Å². The monoisotopic (exact) mass is 590 g/mol. The van der Waals surface area contributed by atoms with Crippen LogP contribution in [0.5, 0.6) is 0 Å². The van der Waals surface area contributed by atoms with E-state index in [9.17, 15) is 4.79 Å². The summed E-state index contributed by atoms with van der Waals surface area (Å²) in [5.41, 5.74) is 9.00. The number of nitrogens with zero attached hydrogens (tertiary/aromatic N) is 4. The number of halogens is 2. The third-order valence-electron chi connectivity index (χ3n) is 7.97. The third-order valence-corrected chi connectivity index (χ3v) is 8.47. The molecule has 2 heterocycles. The number of benzene rings is 3. The SMILES string of the molecule is CCC(C)C(Nc1nc(CN2CCN(C(c3ccc(Cl)cc3)c3ccc(Cl)cc3)CC2)nc2ccccc12)C(N)=O. The predicted octanol–water partition coefficient (Wildman–Crippen LogP) is 6.16. The van der Waals surface area contributed by atoms with E-state index in [-0.39, 0.29) is 17.9 Å². The molecule has 1 aliphatic rings. The number of amides is 1. The number of carbonyl (C=O) groups is 1. The highest BCUT2D eigenvalue weighted by atomic mass is 35.5. The average Bonchev–Trinajstić information content (AvgIpc) is 2.98. The summed E-state index contributed by atoms with van der Waals surface area (Å²) in [5, 5.41) is 5.68. The second-order valence-electron chi connectivity index (χ2n) is 10.7. The van der Waals surface area contributed by atoms with Crippen LogP contribution in [0, 0.1) is 5.92 Å². The van der Waals surface area contributed by atoms with Crippen molar-refractivity contribution in [3.8, 4) is 0 Å². The molecule has 1 saturated heterocycles. The molecule has 4 aromatic rings. The first-order valence-corrected chi connectivity index (χ1v) is 14.9. The number of piperazine rings is 1. The third kappa shape index (κ3) is 6.99. The Morgan fingerprint density at radius 1 is 0.902 bits per heavy atom. The molecule has 0 bridgehead atoms. The van der Waals surface area contributed by atoms with E-state index in [4.69, 9.17) is 38.9 Å². The standard InChI is InChI=1S/C32H36Cl2N6O/c1-3-21(2)29(31(35)41)38-32-26-6-4-5-7-27(26)36-28(37-32)20-39-16-18-40(19-17-39)30(22-8-12-24(33)13-9-22)23-10-14-25(34)15-11-23/h4-15,21,29-30H,3,16-20H2,1-2H3,(H2,35,41)(H,36,37,38). The minimum absolute atomic E-state index is 0.0759. The zero-order chi connectivity index (χ0) is 28.9. The summed E-state index contributed by atoms with van der Waals surface area (Å²) in [7, 11) is 0. The molecule has 2 unspecified atom stereocenters. The molecule has 214 valence electrons. The summed E-state index contributed by atoms with van der Waals surface area (Å²) in [6.07, 6.45) is 0.827. The normalized spacial score (nSPS) is 16.1. The Bertz CT molecular complexity index is 1430. The number of aromatic nitrogens is 2. The van der Waals surface area contributed by atoms with Crippen molar-refractivity contribution in [3.05, 3.63) is 99.8 Å². The Hall–Kier alpha value is -3.23. The van der Waals surface area contributed by atoms with E-state index in [0.29, 0.717) is 12.4 Å². The van der Waals surface area contributed by atoms with Crippen molar-refractivity contribution in [2.24, 2.45) is 11.7 Å². The van der Waals surface area contributed by atoms with Gasteiger partial charge in [0.05, 0.1) is 18.1 Å². The maximum atomic E-state index is 12.3. The van der Waals surface area contributed by atoms with Gasteiger partial charge in [-0.2, -0.15) is 0 Å². The maximum absolute atomic E-state index is 12.3. The first-order valence-electron chi connectivity index (χ1n) is 14.1. The number of fused-ring (bicyclic) bond motifs is 1. The van der Waals surface area contributed by atoms with Crippen LogP contribution in [0.2, 0.25) is 10.0 Å². The maximum Gasteiger partial charge on any atom is 0.240 e. The molecule has 2 atom stereocenters. The van der Waals surface area contributed by atoms with Crippen LogP contribution in [-0.4, -0.2) is 57.9 Å². The summed E-state index contributed by atoms with van der Waals surface area (Å²) in [5.74, 6) is 1.07. The average molecular weight is 592 g/mol. The lowest BCUT2D eigenvalue weighted by molar-refractivity contribution is -0.119. The summed E-state index contributed by atoms with van der Waals surface area (Å²) < 4.78 is 0. The van der Waals surface area contributed by atoms with Crippen molar-refractivity contribution in [1.82, 2.24) is 19.8 Å². The lowest BCUT2D eigenvalue weighted by Crippen LogP contribution is -2.47. The molecule has 41 heavy (non-hydrogen) atoms. The fourth-order valence-electron chi connectivity index (χ4n) is 5.47. The molecule has 1 aliphatic heterocycles. The second-order valence-corrected chi connectivity index (χ2v) is 11.6. The van der Waals surface area contributed by atoms with E-state index in [0.717, 1.165) is 59.4 Å². The van der Waals surface area contributed by atoms with Crippen LogP contribution in [0.4, 0.5) is 5.82 Å². The van der Waals surface area contributed by atoms with Crippen molar-refractivity contribution in [2.75, 3.05) is 31.5 Å². The van der Waals surface area contributed by atoms with Gasteiger partial charge in [0.1, 0.15) is 17.7 Å². The largest absolute Gasteiger partial charge is 0.368 e. The topological polar surface area (TPSA) is 87.4 Å². The van der Waals surface area contributed by atoms with Gasteiger partial charge in [-0.15, -0.1) is 0 Å². The highest BCUT2D eigenvalue weighted by Gasteiger charge is 2.28. The number of anilines is 1. The van der Waals surface area contributed by atoms with E-state index >= 15 is 0 Å². The zero-order valence-electron chi connectivity index (χ0n) is 23.4. The highest BCUT2D eigenvalue weighted by Crippen LogP contribution is 2.32. The van der Waals surface area contributed by atoms with Crippen molar-refractivity contribution in [2.45, 2.75) is 38.9 Å². The van der Waals surface area contributed by atoms with Crippen LogP contribution >= 0.6 is 23.2 Å². The zero-order valence-corrected chi connectivity index (χ0v) is 24.9. The van der Waals surface area contributed by atoms with Gasteiger partial charge in [0.25, 0.3) is 0 Å². The van der Waals surface area contributed by atoms with Crippen LogP contribution in [0.3, 0.4) is 0 Å². The molecule has 3 N–H and O–H groups in total. The van der Waals surface area contributed by atoms with Gasteiger partial charge < -0.3 is 11.1 Å². The number of hydrogen-bond acceptors (Lipinski definition) is 6. The summed E-state index contributed by atoms with van der Waals surface area (Å²) in [6, 6.07) is 23.7. The molecule has 1 fully saturated rings. The molecule has 7 nitrogen and oxygen atoms in total. The number of hydrogen-bond donors (Lipinski definition) is 2. The Labute approximate surface area is 251 Å². The number of primary amides is 1. The lowest BCUT2D eigenvalue weighted by atomic mass is 9.96. The molecule has 5 rings (SSSR count). The second kappa shape index (κ2) is 13.2. The van der Waals surface area contributed by atoms with E-state index in [2.05, 4.69) is 46.3 Å². The van der Waals surface area contributed by atoms with Gasteiger partial charge in [-0.25, -0.2) is 9.97 Å². The Balaban J connectivity index is 1.34. The number of nitrogens with one attached hydrogen (secondary N) is 1. The molecule has 1 amide bonds. The number of rotatable bonds is 10. The smallest absolute Gasteiger partial charge is 0.240 e. The Morgan fingerprint density at radius 2 is 1.49 bits per heavy atom. The Morgan fingerprint density at radius 3 is 2.05 bits per heavy atom. The fraction of sp³-hybridized carbons (Fsp3) is 0.344. The van der Waals surface area contributed by atoms with Gasteiger partial charge in [0, 0.05) is 41.6 Å². The summed E-state index contributed by atoms with van der Waals surface area (Å²) in [6.45, 7) is 8.19. The molecular weight excluding hydrogens is 555 g/mol. The molecule has 1 aromatic heterocycles. The number of nitrogens with two attached hydrogens (primary N) is 1. The minimum Gasteiger partial charge on any atom is -0.368 e. The number of carbonyl (C=O) groups excluding carboxylic acids is 1. The highest BCUT2D eigenvalue weighted by molar-refractivity contribution is 6.30. The van der Waals surface area contributed by atoms with Crippen molar-refractivity contribution in [3.63, 3.8) is 0 Å². The number of para-hydroxylation sites is 1. The van der Waals surface area contributed by atoms with Gasteiger partial charge in [-0.1, -0.05) is 79.9 Å². The molecular formula is C32H36Cl2N6O. The fourth-order valence-corrected chi connectivity index (χ4v) is 5.72. The minimum atomic E-state index is -0.507. The van der Waals surface area contributed by atoms with Crippen molar-refractivity contribution < 1.29 is 4.79 Å². The predicted molar refractivity (Wildman–Crippen MR) is 167 cm³/mol. The molecule has 0 saturated carbocycles. The Kier molecular flexibility index (Phi) is 9.40. The van der Waals surface area contributed by atoms with Crippen LogP contribution in [0.1, 0.15) is 43.3 Å². The summed E-state index contributed by atoms with van der Waals surface area (Å²) >= 11 is 12.4. The summed E-state index contributed by atoms with van der Waals surface area (Å²) in [4.78, 5) is 26.9. The van der Waals surface area contributed by atoms with Gasteiger partial charge in [0.15, 0.2) is 0 Å². The van der Waals surface area contributed by atoms with E-state index in [1.54, 1.807) is 0 Å². The van der Waals surface area contributed by atoms with Crippen LogP contribution in [0.25, 0.3) is 10.9 Å². The van der Waals surface area contributed by atoms with Gasteiger partial charge in [0.2, 0.25) is 5.91 Å². The van der Waals surface area contributed by atoms with Gasteiger partial charge >= 0.3 is 0 Å². The first kappa shape index (κ1) is 29.3. The van der Waals surface area contributed by atoms with E-state index < -0.39 is 6.04 Å². The van der Waals surface area contributed by atoms with Gasteiger partial charge in [-0.05, 0) is 53.4 Å². The van der Waals surface area contributed by atoms with E-state index in [1.165, 1.54) is 11.1 Å². The molecule has 0 aliphatic carbocycles. The molecule has 9 heteroatoms. The molecule has 0 radical (unpaired) electrons. The lowest BCUT2D eigenvalue weighted by Gasteiger charge is -2.39. The van der Waals surface area contributed by atoms with E-state index in [1.807, 2.05) is 55.5 Å². The van der Waals surface area contributed by atoms with Crippen molar-refractivity contribution >= 4 is 45.8 Å². The van der Waals surface area contributed by atoms with Crippen LogP contribution in [-0.2, 0) is 11.3 Å². The van der Waals surface area contributed by atoms with Crippen LogP contribution in [0.15, 0.2) is 72.8 Å². The van der Waals surface area contributed by atoms with Crippen LogP contribution < -0.4 is 11.1 Å². The van der Waals surface area contributed by atoms with Crippen molar-refractivity contribution in [1.29, 1.82) is 0 Å². The quantitative estimate of drug-likeness (QED) is 0.230. The first-order chi connectivity index (χ1) is 19.8.